The Bertz CT molecular complexity index is 1120. The molecule has 2 aromatic rings. The van der Waals surface area contributed by atoms with Crippen LogP contribution in [-0.4, -0.2) is 43.2 Å². The third-order valence-corrected chi connectivity index (χ3v) is 5.84. The number of hydrogen-bond acceptors (Lipinski definition) is 6. The van der Waals surface area contributed by atoms with Crippen molar-refractivity contribution in [2.24, 2.45) is 5.10 Å². The van der Waals surface area contributed by atoms with Crippen molar-refractivity contribution in [2.45, 2.75) is 32.7 Å². The lowest BCUT2D eigenvalue weighted by molar-refractivity contribution is -0.139. The molecule has 0 atom stereocenters. The third-order valence-electron chi connectivity index (χ3n) is 4.63. The average molecular weight is 599 g/mol. The summed E-state index contributed by atoms with van der Waals surface area (Å²) in [5, 5.41) is 9.72. The van der Waals surface area contributed by atoms with Crippen LogP contribution >= 0.6 is 34.2 Å². The Morgan fingerprint density at radius 3 is 2.62 bits per heavy atom. The van der Waals surface area contributed by atoms with E-state index in [-0.39, 0.29) is 18.6 Å². The van der Waals surface area contributed by atoms with Crippen molar-refractivity contribution in [1.29, 1.82) is 0 Å². The number of ether oxygens (including phenoxy) is 2. The van der Waals surface area contributed by atoms with Crippen LogP contribution in [0.2, 0.25) is 5.02 Å². The summed E-state index contributed by atoms with van der Waals surface area (Å²) in [6.07, 6.45) is 3.17. The quantitative estimate of drug-likeness (QED) is 0.177. The summed E-state index contributed by atoms with van der Waals surface area (Å²) in [6.45, 7) is 3.84. The molecule has 0 aliphatic heterocycles. The molecule has 2 aromatic carbocycles. The van der Waals surface area contributed by atoms with Gasteiger partial charge in [0, 0.05) is 16.8 Å². The molecule has 1 aliphatic carbocycles. The van der Waals surface area contributed by atoms with Gasteiger partial charge in [-0.15, -0.1) is 0 Å². The molecule has 1 aliphatic rings. The van der Waals surface area contributed by atoms with Crippen LogP contribution in [0.25, 0.3) is 0 Å². The minimum atomic E-state index is -0.830. The van der Waals surface area contributed by atoms with Crippen molar-refractivity contribution in [2.75, 3.05) is 18.5 Å². The summed E-state index contributed by atoms with van der Waals surface area (Å²) < 4.78 is 12.1. The molecule has 0 heterocycles. The van der Waals surface area contributed by atoms with E-state index in [1.807, 2.05) is 19.9 Å². The Hall–Kier alpha value is -2.86. The van der Waals surface area contributed by atoms with Crippen LogP contribution in [0.4, 0.5) is 5.69 Å². The first-order chi connectivity index (χ1) is 16.3. The number of carbonyl (C=O) groups is 3. The molecule has 3 rings (SSSR count). The van der Waals surface area contributed by atoms with Crippen LogP contribution in [-0.2, 0) is 14.4 Å². The first kappa shape index (κ1) is 25.8. The minimum absolute atomic E-state index is 0.0851. The van der Waals surface area contributed by atoms with Gasteiger partial charge in [-0.3, -0.25) is 14.4 Å². The Balaban J connectivity index is 1.61. The monoisotopic (exact) mass is 598 g/mol. The summed E-state index contributed by atoms with van der Waals surface area (Å²) in [5.74, 6) is -1.07. The highest BCUT2D eigenvalue weighted by Crippen LogP contribution is 2.34. The van der Waals surface area contributed by atoms with Crippen molar-refractivity contribution in [1.82, 2.24) is 10.7 Å². The van der Waals surface area contributed by atoms with Crippen molar-refractivity contribution in [3.63, 3.8) is 0 Å². The van der Waals surface area contributed by atoms with E-state index in [9.17, 15) is 14.4 Å². The van der Waals surface area contributed by atoms with Gasteiger partial charge in [-0.05, 0) is 84.7 Å². The number of aryl methyl sites for hydroxylation is 1. The molecule has 0 unspecified atom stereocenters. The van der Waals surface area contributed by atoms with E-state index in [1.54, 1.807) is 24.3 Å². The number of hydrazone groups is 1. The lowest BCUT2D eigenvalue weighted by Crippen LogP contribution is -2.38. The molecular formula is C23H24ClIN4O5. The van der Waals surface area contributed by atoms with E-state index < -0.39 is 11.8 Å². The highest BCUT2D eigenvalue weighted by Gasteiger charge is 2.26. The first-order valence-corrected chi connectivity index (χ1v) is 12.0. The summed E-state index contributed by atoms with van der Waals surface area (Å²) in [5.41, 5.74) is 4.30. The average Bonchev–Trinajstić information content (AvgIpc) is 3.60. The number of nitrogens with zero attached hydrogens (tertiary/aromatic N) is 1. The van der Waals surface area contributed by atoms with Crippen molar-refractivity contribution < 1.29 is 23.9 Å². The number of nitrogens with one attached hydrogen (secondary N) is 3. The van der Waals surface area contributed by atoms with Crippen LogP contribution in [0.3, 0.4) is 0 Å². The zero-order valence-electron chi connectivity index (χ0n) is 18.6. The molecule has 11 heteroatoms. The molecular weight excluding hydrogens is 575 g/mol. The van der Waals surface area contributed by atoms with E-state index in [1.165, 1.54) is 6.21 Å². The van der Waals surface area contributed by atoms with Gasteiger partial charge >= 0.3 is 11.8 Å². The van der Waals surface area contributed by atoms with Crippen molar-refractivity contribution >= 4 is 63.8 Å². The molecule has 0 saturated heterocycles. The maximum Gasteiger partial charge on any atom is 0.329 e. The molecule has 1 fully saturated rings. The van der Waals surface area contributed by atoms with E-state index >= 15 is 0 Å². The highest BCUT2D eigenvalue weighted by atomic mass is 127. The van der Waals surface area contributed by atoms with Gasteiger partial charge < -0.3 is 20.1 Å². The molecule has 0 bridgehead atoms. The predicted octanol–water partition coefficient (Wildman–Crippen LogP) is 3.40. The van der Waals surface area contributed by atoms with Crippen LogP contribution in [0.15, 0.2) is 35.4 Å². The van der Waals surface area contributed by atoms with Gasteiger partial charge in [0.15, 0.2) is 18.1 Å². The smallest absolute Gasteiger partial charge is 0.329 e. The predicted molar refractivity (Wildman–Crippen MR) is 138 cm³/mol. The summed E-state index contributed by atoms with van der Waals surface area (Å²) in [4.78, 5) is 35.8. The molecule has 180 valence electrons. The summed E-state index contributed by atoms with van der Waals surface area (Å²) in [6, 6.07) is 8.75. The standard InChI is InChI=1S/C23H24ClIN4O5/c1-3-33-19-9-14(11-26-29-23(32)22(31)28-15-6-7-15)8-18(25)21(19)34-12-20(30)27-16-5-4-13(2)17(24)10-16/h4-5,8-11,15H,3,6-7,12H2,1-2H3,(H,27,30)(H,28,31)(H,29,32)/b26-11-. The number of halogens is 2. The van der Waals surface area contributed by atoms with Gasteiger partial charge in [-0.1, -0.05) is 17.7 Å². The fourth-order valence-electron chi connectivity index (χ4n) is 2.77. The molecule has 3 amide bonds. The van der Waals surface area contributed by atoms with Crippen LogP contribution in [0, 0.1) is 10.5 Å². The van der Waals surface area contributed by atoms with E-state index in [0.717, 1.165) is 18.4 Å². The third kappa shape index (κ3) is 7.59. The minimum Gasteiger partial charge on any atom is -0.490 e. The first-order valence-electron chi connectivity index (χ1n) is 10.6. The molecule has 0 aromatic heterocycles. The maximum atomic E-state index is 12.3. The highest BCUT2D eigenvalue weighted by molar-refractivity contribution is 14.1. The van der Waals surface area contributed by atoms with Crippen LogP contribution < -0.4 is 25.5 Å². The summed E-state index contributed by atoms with van der Waals surface area (Å²) in [7, 11) is 0. The van der Waals surface area contributed by atoms with Gasteiger partial charge in [0.2, 0.25) is 0 Å². The van der Waals surface area contributed by atoms with Gasteiger partial charge in [0.25, 0.3) is 5.91 Å². The SMILES string of the molecule is CCOc1cc(/C=N\NC(=O)C(=O)NC2CC2)cc(I)c1OCC(=O)Nc1ccc(C)c(Cl)c1. The maximum absolute atomic E-state index is 12.3. The van der Waals surface area contributed by atoms with Gasteiger partial charge in [-0.25, -0.2) is 5.43 Å². The number of benzene rings is 2. The van der Waals surface area contributed by atoms with Crippen LogP contribution in [0.5, 0.6) is 11.5 Å². The van der Waals surface area contributed by atoms with Crippen molar-refractivity contribution in [3.8, 4) is 11.5 Å². The number of rotatable bonds is 9. The van der Waals surface area contributed by atoms with Crippen molar-refractivity contribution in [3.05, 3.63) is 50.1 Å². The van der Waals surface area contributed by atoms with Gasteiger partial charge in [-0.2, -0.15) is 5.10 Å². The zero-order chi connectivity index (χ0) is 24.7. The number of hydrogen-bond donors (Lipinski definition) is 3. The Morgan fingerprint density at radius 2 is 1.94 bits per heavy atom. The molecule has 0 radical (unpaired) electrons. The second-order valence-electron chi connectivity index (χ2n) is 7.51. The Labute approximate surface area is 215 Å². The molecule has 0 spiro atoms. The van der Waals surface area contributed by atoms with E-state index in [0.29, 0.717) is 37.9 Å². The fraction of sp³-hybridized carbons (Fsp3) is 0.304. The molecule has 1 saturated carbocycles. The van der Waals surface area contributed by atoms with Crippen LogP contribution in [0.1, 0.15) is 30.9 Å². The molecule has 34 heavy (non-hydrogen) atoms. The molecule has 9 nitrogen and oxygen atoms in total. The summed E-state index contributed by atoms with van der Waals surface area (Å²) >= 11 is 8.16. The van der Waals surface area contributed by atoms with E-state index in [2.05, 4.69) is 43.8 Å². The second kappa shape index (κ2) is 12.0. The number of anilines is 1. The zero-order valence-corrected chi connectivity index (χ0v) is 21.5. The van der Waals surface area contributed by atoms with E-state index in [4.69, 9.17) is 21.1 Å². The lowest BCUT2D eigenvalue weighted by Gasteiger charge is -2.15. The topological polar surface area (TPSA) is 118 Å². The normalized spacial score (nSPS) is 12.8. The number of amides is 3. The van der Waals surface area contributed by atoms with Gasteiger partial charge in [0.1, 0.15) is 0 Å². The Morgan fingerprint density at radius 1 is 1.18 bits per heavy atom. The largest absolute Gasteiger partial charge is 0.490 e. The lowest BCUT2D eigenvalue weighted by atomic mass is 10.2. The molecule has 3 N–H and O–H groups in total. The fourth-order valence-corrected chi connectivity index (χ4v) is 3.73. The number of carbonyl (C=O) groups excluding carboxylic acids is 3. The Kier molecular flexibility index (Phi) is 9.11. The second-order valence-corrected chi connectivity index (χ2v) is 9.08. The van der Waals surface area contributed by atoms with Gasteiger partial charge in [0.05, 0.1) is 16.4 Å².